The van der Waals surface area contributed by atoms with Gasteiger partial charge in [0.2, 0.25) is 5.95 Å². The predicted molar refractivity (Wildman–Crippen MR) is 113 cm³/mol. The first kappa shape index (κ1) is 21.0. The topological polar surface area (TPSA) is 64.8 Å². The van der Waals surface area contributed by atoms with Crippen LogP contribution in [0.3, 0.4) is 0 Å². The number of aromatic nitrogens is 2. The van der Waals surface area contributed by atoms with Crippen LogP contribution in [0.25, 0.3) is 0 Å². The number of anilines is 3. The summed E-state index contributed by atoms with van der Waals surface area (Å²) in [5.74, 6) is 1.63. The molecule has 144 valence electrons. The molecule has 27 heavy (non-hydrogen) atoms. The fraction of sp³-hybridized carbons (Fsp3) is 0.476. The lowest BCUT2D eigenvalue weighted by molar-refractivity contribution is 0.446. The van der Waals surface area contributed by atoms with Crippen molar-refractivity contribution in [3.8, 4) is 6.07 Å². The molecule has 0 saturated carbocycles. The SMILES string of the molecule is CCCc1cc(N2CCCCC2CC)nc(Nc2cccc(C#N)c2)n1.Cl. The zero-order valence-electron chi connectivity index (χ0n) is 16.1. The van der Waals surface area contributed by atoms with Crippen molar-refractivity contribution in [2.24, 2.45) is 0 Å². The number of piperidine rings is 1. The molecule has 1 fully saturated rings. The molecule has 1 atom stereocenters. The van der Waals surface area contributed by atoms with Crippen molar-refractivity contribution in [1.82, 2.24) is 9.97 Å². The van der Waals surface area contributed by atoms with E-state index in [9.17, 15) is 0 Å². The van der Waals surface area contributed by atoms with Crippen molar-refractivity contribution in [3.05, 3.63) is 41.6 Å². The van der Waals surface area contributed by atoms with Gasteiger partial charge in [-0.1, -0.05) is 26.3 Å². The van der Waals surface area contributed by atoms with Crippen LogP contribution < -0.4 is 10.2 Å². The second-order valence-corrected chi connectivity index (χ2v) is 6.86. The van der Waals surface area contributed by atoms with Crippen molar-refractivity contribution in [1.29, 1.82) is 5.26 Å². The largest absolute Gasteiger partial charge is 0.353 e. The summed E-state index contributed by atoms with van der Waals surface area (Å²) in [5, 5.41) is 12.4. The fourth-order valence-corrected chi connectivity index (χ4v) is 3.59. The molecule has 0 spiro atoms. The second-order valence-electron chi connectivity index (χ2n) is 6.86. The first-order valence-electron chi connectivity index (χ1n) is 9.65. The van der Waals surface area contributed by atoms with Crippen LogP contribution in [0.15, 0.2) is 30.3 Å². The quantitative estimate of drug-likeness (QED) is 0.736. The molecule has 0 radical (unpaired) electrons. The molecule has 1 aliphatic rings. The molecule has 6 heteroatoms. The number of nitriles is 1. The number of rotatable bonds is 6. The van der Waals surface area contributed by atoms with Crippen LogP contribution in [0.1, 0.15) is 57.2 Å². The molecule has 2 aromatic rings. The van der Waals surface area contributed by atoms with E-state index in [4.69, 9.17) is 10.2 Å². The first-order valence-corrected chi connectivity index (χ1v) is 9.65. The van der Waals surface area contributed by atoms with Gasteiger partial charge < -0.3 is 10.2 Å². The zero-order valence-corrected chi connectivity index (χ0v) is 16.9. The van der Waals surface area contributed by atoms with E-state index in [1.807, 2.05) is 18.2 Å². The molecule has 5 nitrogen and oxygen atoms in total. The Morgan fingerprint density at radius 3 is 2.81 bits per heavy atom. The molecule has 2 heterocycles. The molecule has 0 amide bonds. The molecule has 1 aromatic carbocycles. The highest BCUT2D eigenvalue weighted by molar-refractivity contribution is 5.85. The Kier molecular flexibility index (Phi) is 7.87. The molecule has 1 N–H and O–H groups in total. The monoisotopic (exact) mass is 385 g/mol. The standard InChI is InChI=1S/C21H27N5.ClH/c1-3-8-17-14-20(26-12-6-5-11-19(26)4-2)25-21(23-17)24-18-10-7-9-16(13-18)15-22;/h7,9-10,13-14,19H,3-6,8,11-12H2,1-2H3,(H,23,24,25);1H. The van der Waals surface area contributed by atoms with Crippen LogP contribution in [0.2, 0.25) is 0 Å². The van der Waals surface area contributed by atoms with Gasteiger partial charge in [-0.15, -0.1) is 12.4 Å². The molecule has 1 unspecified atom stereocenters. The summed E-state index contributed by atoms with van der Waals surface area (Å²) < 4.78 is 0. The minimum atomic E-state index is 0. The highest BCUT2D eigenvalue weighted by Gasteiger charge is 2.23. The Labute approximate surface area is 168 Å². The first-order chi connectivity index (χ1) is 12.7. The van der Waals surface area contributed by atoms with Crippen molar-refractivity contribution in [3.63, 3.8) is 0 Å². The third-order valence-corrected chi connectivity index (χ3v) is 4.91. The summed E-state index contributed by atoms with van der Waals surface area (Å²) in [7, 11) is 0. The van der Waals surface area contributed by atoms with Gasteiger partial charge in [-0.2, -0.15) is 10.2 Å². The third-order valence-electron chi connectivity index (χ3n) is 4.91. The second kappa shape index (κ2) is 10.1. The fourth-order valence-electron chi connectivity index (χ4n) is 3.59. The van der Waals surface area contributed by atoms with E-state index >= 15 is 0 Å². The van der Waals surface area contributed by atoms with Gasteiger partial charge in [-0.3, -0.25) is 0 Å². The molecule has 1 saturated heterocycles. The van der Waals surface area contributed by atoms with Gasteiger partial charge in [0.15, 0.2) is 0 Å². The maximum absolute atomic E-state index is 9.10. The van der Waals surface area contributed by atoms with Gasteiger partial charge >= 0.3 is 0 Å². The summed E-state index contributed by atoms with van der Waals surface area (Å²) in [6.45, 7) is 5.48. The number of hydrogen-bond acceptors (Lipinski definition) is 5. The number of benzene rings is 1. The average molecular weight is 386 g/mol. The van der Waals surface area contributed by atoms with Gasteiger partial charge in [0, 0.05) is 30.0 Å². The van der Waals surface area contributed by atoms with E-state index in [0.717, 1.165) is 43.0 Å². The molecule has 1 aliphatic heterocycles. The van der Waals surface area contributed by atoms with Gasteiger partial charge in [-0.05, 0) is 50.3 Å². The van der Waals surface area contributed by atoms with Crippen LogP contribution in [0.4, 0.5) is 17.5 Å². The van der Waals surface area contributed by atoms with Crippen LogP contribution in [0, 0.1) is 11.3 Å². The van der Waals surface area contributed by atoms with Crippen molar-refractivity contribution >= 4 is 29.9 Å². The van der Waals surface area contributed by atoms with E-state index < -0.39 is 0 Å². The molecule has 0 bridgehead atoms. The van der Waals surface area contributed by atoms with Gasteiger partial charge in [0.1, 0.15) is 5.82 Å². The summed E-state index contributed by atoms with van der Waals surface area (Å²) in [6.07, 6.45) is 6.88. The van der Waals surface area contributed by atoms with E-state index in [2.05, 4.69) is 41.2 Å². The number of halogens is 1. The molecule has 0 aliphatic carbocycles. The van der Waals surface area contributed by atoms with Gasteiger partial charge in [0.25, 0.3) is 0 Å². The Bertz CT molecular complexity index is 786. The van der Waals surface area contributed by atoms with E-state index in [-0.39, 0.29) is 12.4 Å². The van der Waals surface area contributed by atoms with Crippen LogP contribution in [-0.2, 0) is 6.42 Å². The zero-order chi connectivity index (χ0) is 18.4. The smallest absolute Gasteiger partial charge is 0.229 e. The molecular weight excluding hydrogens is 358 g/mol. The molecule has 1 aromatic heterocycles. The van der Waals surface area contributed by atoms with Crippen molar-refractivity contribution < 1.29 is 0 Å². The number of hydrogen-bond donors (Lipinski definition) is 1. The minimum absolute atomic E-state index is 0. The van der Waals surface area contributed by atoms with Gasteiger partial charge in [-0.25, -0.2) is 4.98 Å². The lowest BCUT2D eigenvalue weighted by Gasteiger charge is -2.36. The minimum Gasteiger partial charge on any atom is -0.353 e. The summed E-state index contributed by atoms with van der Waals surface area (Å²) in [5.41, 5.74) is 2.54. The lowest BCUT2D eigenvalue weighted by Crippen LogP contribution is -2.39. The Morgan fingerprint density at radius 1 is 1.22 bits per heavy atom. The van der Waals surface area contributed by atoms with E-state index in [0.29, 0.717) is 17.6 Å². The summed E-state index contributed by atoms with van der Waals surface area (Å²) in [6, 6.07) is 12.3. The number of aryl methyl sites for hydroxylation is 1. The summed E-state index contributed by atoms with van der Waals surface area (Å²) in [4.78, 5) is 11.9. The van der Waals surface area contributed by atoms with Gasteiger partial charge in [0.05, 0.1) is 11.6 Å². The third kappa shape index (κ3) is 5.33. The average Bonchev–Trinajstić information content (AvgIpc) is 2.68. The van der Waals surface area contributed by atoms with Crippen molar-refractivity contribution in [2.75, 3.05) is 16.8 Å². The van der Waals surface area contributed by atoms with Crippen LogP contribution in [0.5, 0.6) is 0 Å². The Hall–Kier alpha value is -2.32. The number of nitrogens with one attached hydrogen (secondary N) is 1. The Morgan fingerprint density at radius 2 is 2.07 bits per heavy atom. The molecule has 3 rings (SSSR count). The maximum atomic E-state index is 9.10. The van der Waals surface area contributed by atoms with E-state index in [1.54, 1.807) is 6.07 Å². The Balaban J connectivity index is 0.00000261. The van der Waals surface area contributed by atoms with Crippen LogP contribution in [-0.4, -0.2) is 22.6 Å². The summed E-state index contributed by atoms with van der Waals surface area (Å²) >= 11 is 0. The normalized spacial score (nSPS) is 16.3. The van der Waals surface area contributed by atoms with Crippen molar-refractivity contribution in [2.45, 2.75) is 58.4 Å². The number of nitrogens with zero attached hydrogens (tertiary/aromatic N) is 4. The lowest BCUT2D eigenvalue weighted by atomic mass is 10.00. The predicted octanol–water partition coefficient (Wildman–Crippen LogP) is 5.24. The molecular formula is C21H28ClN5. The maximum Gasteiger partial charge on any atom is 0.229 e. The highest BCUT2D eigenvalue weighted by Crippen LogP contribution is 2.27. The van der Waals surface area contributed by atoms with E-state index in [1.165, 1.54) is 19.3 Å². The van der Waals surface area contributed by atoms with Crippen LogP contribution >= 0.6 is 12.4 Å². The highest BCUT2D eigenvalue weighted by atomic mass is 35.5.